The van der Waals surface area contributed by atoms with Crippen LogP contribution in [0.1, 0.15) is 17.5 Å². The molecule has 2 N–H and O–H groups in total. The van der Waals surface area contributed by atoms with Crippen molar-refractivity contribution in [3.05, 3.63) is 90.0 Å². The van der Waals surface area contributed by atoms with Crippen LogP contribution in [-0.4, -0.2) is 30.9 Å². The average molecular weight is 385 g/mol. The molecule has 0 saturated carbocycles. The lowest BCUT2D eigenvalue weighted by molar-refractivity contribution is -0.128. The predicted molar refractivity (Wildman–Crippen MR) is 115 cm³/mol. The lowest BCUT2D eigenvalue weighted by atomic mass is 9.78. The van der Waals surface area contributed by atoms with Crippen LogP contribution in [0.4, 0.5) is 0 Å². The van der Waals surface area contributed by atoms with Crippen LogP contribution < -0.4 is 10.5 Å². The normalized spacial score (nSPS) is 19.0. The molecule has 0 unspecified atom stereocenters. The summed E-state index contributed by atoms with van der Waals surface area (Å²) in [5.41, 5.74) is 9.21. The van der Waals surface area contributed by atoms with Crippen LogP contribution in [0.2, 0.25) is 0 Å². The standard InChI is InChI=1S/C24H23N3O2/c1-27-22(28)16-24(26-23(27)25,19-10-4-3-5-11-19)20-12-6-8-17(14-20)18-9-7-13-21(15-18)29-2/h3-15H,16H2,1-2H3,(H2,25,26)/t24-/m1/s1. The van der Waals surface area contributed by atoms with Gasteiger partial charge in [-0.05, 0) is 40.5 Å². The van der Waals surface area contributed by atoms with Gasteiger partial charge in [-0.15, -0.1) is 0 Å². The molecule has 3 aromatic carbocycles. The van der Waals surface area contributed by atoms with Crippen LogP contribution in [0.3, 0.4) is 0 Å². The molecule has 1 amide bonds. The van der Waals surface area contributed by atoms with E-state index in [-0.39, 0.29) is 18.3 Å². The number of benzene rings is 3. The molecule has 4 rings (SSSR count). The van der Waals surface area contributed by atoms with Crippen LogP contribution in [0, 0.1) is 0 Å². The molecule has 146 valence electrons. The van der Waals surface area contributed by atoms with Crippen molar-refractivity contribution in [3.8, 4) is 16.9 Å². The summed E-state index contributed by atoms with van der Waals surface area (Å²) in [4.78, 5) is 19.0. The summed E-state index contributed by atoms with van der Waals surface area (Å²) in [7, 11) is 3.31. The monoisotopic (exact) mass is 385 g/mol. The zero-order valence-corrected chi connectivity index (χ0v) is 16.5. The molecule has 1 heterocycles. The molecule has 3 aromatic rings. The average Bonchev–Trinajstić information content (AvgIpc) is 2.78. The van der Waals surface area contributed by atoms with Gasteiger partial charge >= 0.3 is 0 Å². The number of guanidine groups is 1. The molecule has 0 bridgehead atoms. The summed E-state index contributed by atoms with van der Waals surface area (Å²) in [6.45, 7) is 0. The van der Waals surface area contributed by atoms with Gasteiger partial charge in [-0.25, -0.2) is 4.99 Å². The molecule has 0 spiro atoms. The quantitative estimate of drug-likeness (QED) is 0.743. The molecule has 1 atom stereocenters. The highest BCUT2D eigenvalue weighted by molar-refractivity contribution is 5.99. The first-order valence-electron chi connectivity index (χ1n) is 9.46. The maximum absolute atomic E-state index is 12.8. The van der Waals surface area contributed by atoms with Crippen molar-refractivity contribution in [2.45, 2.75) is 12.0 Å². The Bertz CT molecular complexity index is 1080. The molecule has 0 aromatic heterocycles. The Labute approximate surface area is 170 Å². The fourth-order valence-corrected chi connectivity index (χ4v) is 3.75. The topological polar surface area (TPSA) is 67.9 Å². The zero-order valence-electron chi connectivity index (χ0n) is 16.5. The maximum Gasteiger partial charge on any atom is 0.232 e. The smallest absolute Gasteiger partial charge is 0.232 e. The number of hydrogen-bond acceptors (Lipinski definition) is 4. The molecule has 5 nitrogen and oxygen atoms in total. The largest absolute Gasteiger partial charge is 0.497 e. The third-order valence-corrected chi connectivity index (χ3v) is 5.42. The Morgan fingerprint density at radius 2 is 1.59 bits per heavy atom. The number of nitrogens with two attached hydrogens (primary N) is 1. The van der Waals surface area contributed by atoms with Gasteiger partial charge in [-0.2, -0.15) is 0 Å². The van der Waals surface area contributed by atoms with Gasteiger partial charge in [0.1, 0.15) is 11.3 Å². The van der Waals surface area contributed by atoms with Gasteiger partial charge in [0.05, 0.1) is 13.5 Å². The van der Waals surface area contributed by atoms with Crippen molar-refractivity contribution in [2.75, 3.05) is 14.2 Å². The molecule has 29 heavy (non-hydrogen) atoms. The molecule has 1 aliphatic rings. The van der Waals surface area contributed by atoms with E-state index in [2.05, 4.69) is 6.07 Å². The zero-order chi connectivity index (χ0) is 20.4. The predicted octanol–water partition coefficient (Wildman–Crippen LogP) is 3.78. The SMILES string of the molecule is COc1cccc(-c2cccc([C@]3(c4ccccc4)CC(=O)N(C)C(N)=N3)c2)c1. The summed E-state index contributed by atoms with van der Waals surface area (Å²) in [6.07, 6.45) is 0.218. The van der Waals surface area contributed by atoms with Gasteiger partial charge in [0, 0.05) is 7.05 Å². The van der Waals surface area contributed by atoms with Crippen molar-refractivity contribution in [3.63, 3.8) is 0 Å². The Morgan fingerprint density at radius 3 is 2.28 bits per heavy atom. The van der Waals surface area contributed by atoms with Crippen molar-refractivity contribution in [1.29, 1.82) is 0 Å². The third kappa shape index (κ3) is 3.36. The number of methoxy groups -OCH3 is 1. The van der Waals surface area contributed by atoms with E-state index in [9.17, 15) is 4.79 Å². The minimum atomic E-state index is -0.857. The van der Waals surface area contributed by atoms with Crippen molar-refractivity contribution < 1.29 is 9.53 Å². The summed E-state index contributed by atoms with van der Waals surface area (Å²) in [6, 6.07) is 25.9. The van der Waals surface area contributed by atoms with Crippen LogP contribution in [-0.2, 0) is 10.3 Å². The van der Waals surface area contributed by atoms with E-state index in [4.69, 9.17) is 15.5 Å². The van der Waals surface area contributed by atoms with Crippen LogP contribution >= 0.6 is 0 Å². The van der Waals surface area contributed by atoms with Crippen molar-refractivity contribution >= 4 is 11.9 Å². The van der Waals surface area contributed by atoms with Gasteiger partial charge in [0.15, 0.2) is 5.96 Å². The summed E-state index contributed by atoms with van der Waals surface area (Å²) < 4.78 is 5.36. The molecule has 0 radical (unpaired) electrons. The van der Waals surface area contributed by atoms with E-state index in [0.29, 0.717) is 0 Å². The first-order valence-corrected chi connectivity index (χ1v) is 9.46. The van der Waals surface area contributed by atoms with Gasteiger partial charge in [0.2, 0.25) is 5.91 Å². The minimum absolute atomic E-state index is 0.0619. The highest BCUT2D eigenvalue weighted by atomic mass is 16.5. The number of aliphatic imine (C=N–C) groups is 1. The van der Waals surface area contributed by atoms with Gasteiger partial charge < -0.3 is 10.5 Å². The first kappa shape index (κ1) is 18.7. The number of rotatable bonds is 4. The minimum Gasteiger partial charge on any atom is -0.497 e. The van der Waals surface area contributed by atoms with Gasteiger partial charge in [-0.1, -0.05) is 60.7 Å². The second-order valence-corrected chi connectivity index (χ2v) is 7.14. The maximum atomic E-state index is 12.8. The number of carbonyl (C=O) groups is 1. The molecule has 0 fully saturated rings. The van der Waals surface area contributed by atoms with Crippen LogP contribution in [0.5, 0.6) is 5.75 Å². The number of hydrogen-bond donors (Lipinski definition) is 1. The summed E-state index contributed by atoms with van der Waals surface area (Å²) in [5.74, 6) is 0.951. The van der Waals surface area contributed by atoms with E-state index in [1.54, 1.807) is 14.2 Å². The second kappa shape index (κ2) is 7.43. The molecule has 1 aliphatic heterocycles. The van der Waals surface area contributed by atoms with E-state index < -0.39 is 5.54 Å². The molecular weight excluding hydrogens is 362 g/mol. The summed E-state index contributed by atoms with van der Waals surface area (Å²) in [5, 5.41) is 0. The van der Waals surface area contributed by atoms with E-state index in [1.807, 2.05) is 72.8 Å². The Kier molecular flexibility index (Phi) is 4.80. The summed E-state index contributed by atoms with van der Waals surface area (Å²) >= 11 is 0. The third-order valence-electron chi connectivity index (χ3n) is 5.42. The molecule has 0 saturated heterocycles. The fraction of sp³-hybridized carbons (Fsp3) is 0.167. The lowest BCUT2D eigenvalue weighted by Crippen LogP contribution is -2.49. The van der Waals surface area contributed by atoms with E-state index in [0.717, 1.165) is 28.0 Å². The van der Waals surface area contributed by atoms with E-state index >= 15 is 0 Å². The van der Waals surface area contributed by atoms with Gasteiger partial charge in [-0.3, -0.25) is 9.69 Å². The fourth-order valence-electron chi connectivity index (χ4n) is 3.75. The molecule has 5 heteroatoms. The number of nitrogens with zero attached hydrogens (tertiary/aromatic N) is 2. The van der Waals surface area contributed by atoms with Crippen molar-refractivity contribution in [1.82, 2.24) is 4.90 Å². The molecular formula is C24H23N3O2. The number of amides is 1. The highest BCUT2D eigenvalue weighted by Crippen LogP contribution is 2.41. The Morgan fingerprint density at radius 1 is 0.931 bits per heavy atom. The number of ether oxygens (including phenoxy) is 1. The molecule has 0 aliphatic carbocycles. The van der Waals surface area contributed by atoms with E-state index in [1.165, 1.54) is 4.90 Å². The Hall–Kier alpha value is -3.60. The lowest BCUT2D eigenvalue weighted by Gasteiger charge is -2.37. The second-order valence-electron chi connectivity index (χ2n) is 7.14. The Balaban J connectivity index is 1.90. The highest BCUT2D eigenvalue weighted by Gasteiger charge is 2.41. The van der Waals surface area contributed by atoms with Crippen LogP contribution in [0.15, 0.2) is 83.9 Å². The van der Waals surface area contributed by atoms with Gasteiger partial charge in [0.25, 0.3) is 0 Å². The van der Waals surface area contributed by atoms with Crippen LogP contribution in [0.25, 0.3) is 11.1 Å². The number of carbonyl (C=O) groups excluding carboxylic acids is 1. The first-order chi connectivity index (χ1) is 14.0. The van der Waals surface area contributed by atoms with Crippen molar-refractivity contribution in [2.24, 2.45) is 10.7 Å².